The molecule has 1 aliphatic rings. The predicted molar refractivity (Wildman–Crippen MR) is 65.4 cm³/mol. The predicted octanol–water partition coefficient (Wildman–Crippen LogP) is 0.757. The van der Waals surface area contributed by atoms with Crippen molar-refractivity contribution in [3.8, 4) is 0 Å². The van der Waals surface area contributed by atoms with Gasteiger partial charge < -0.3 is 15.2 Å². The number of nitrogens with two attached hydrogens (primary N) is 1. The summed E-state index contributed by atoms with van der Waals surface area (Å²) in [7, 11) is 0. The van der Waals surface area contributed by atoms with Crippen molar-refractivity contribution in [1.29, 1.82) is 0 Å². The first kappa shape index (κ1) is 10.3. The molecule has 3 rings (SSSR count). The molecule has 2 N–H and O–H groups in total. The van der Waals surface area contributed by atoms with Crippen molar-refractivity contribution in [1.82, 2.24) is 14.5 Å². The third-order valence-electron chi connectivity index (χ3n) is 3.11. The van der Waals surface area contributed by atoms with E-state index in [1.54, 1.807) is 0 Å². The first-order valence-corrected chi connectivity index (χ1v) is 5.77. The molecule has 0 bridgehead atoms. The van der Waals surface area contributed by atoms with E-state index in [1.807, 2.05) is 30.7 Å². The van der Waals surface area contributed by atoms with E-state index in [-0.39, 0.29) is 0 Å². The number of anilines is 1. The molecule has 2 aromatic rings. The highest BCUT2D eigenvalue weighted by atomic mass is 15.3. The fraction of sp³-hybridized carbons (Fsp3) is 0.333. The molecular formula is C12H15N5. The Balaban J connectivity index is 1.81. The van der Waals surface area contributed by atoms with Crippen molar-refractivity contribution >= 4 is 5.82 Å². The van der Waals surface area contributed by atoms with Gasteiger partial charge in [0.1, 0.15) is 11.6 Å². The fourth-order valence-corrected chi connectivity index (χ4v) is 2.09. The van der Waals surface area contributed by atoms with E-state index in [9.17, 15) is 0 Å². The molecule has 3 heterocycles. The van der Waals surface area contributed by atoms with Crippen molar-refractivity contribution in [2.24, 2.45) is 5.73 Å². The minimum atomic E-state index is 0.539. The SMILES string of the molecule is NCc1ccc(N2CCn3ccnc3C2)nc1. The van der Waals surface area contributed by atoms with Crippen LogP contribution in [-0.4, -0.2) is 21.1 Å². The smallest absolute Gasteiger partial charge is 0.128 e. The summed E-state index contributed by atoms with van der Waals surface area (Å²) in [6.45, 7) is 3.30. The lowest BCUT2D eigenvalue weighted by atomic mass is 10.2. The monoisotopic (exact) mass is 229 g/mol. The molecule has 1 aliphatic heterocycles. The molecule has 0 saturated heterocycles. The molecule has 2 aromatic heterocycles. The van der Waals surface area contributed by atoms with Gasteiger partial charge in [0.15, 0.2) is 0 Å². The maximum Gasteiger partial charge on any atom is 0.128 e. The van der Waals surface area contributed by atoms with Crippen LogP contribution in [0, 0.1) is 0 Å². The van der Waals surface area contributed by atoms with Crippen LogP contribution >= 0.6 is 0 Å². The van der Waals surface area contributed by atoms with E-state index < -0.39 is 0 Å². The van der Waals surface area contributed by atoms with Crippen molar-refractivity contribution in [3.05, 3.63) is 42.1 Å². The fourth-order valence-electron chi connectivity index (χ4n) is 2.09. The molecule has 5 nitrogen and oxygen atoms in total. The number of nitrogens with zero attached hydrogens (tertiary/aromatic N) is 4. The number of pyridine rings is 1. The largest absolute Gasteiger partial charge is 0.347 e. The van der Waals surface area contributed by atoms with Crippen LogP contribution in [0.3, 0.4) is 0 Å². The van der Waals surface area contributed by atoms with Crippen LogP contribution in [0.25, 0.3) is 0 Å². The van der Waals surface area contributed by atoms with E-state index in [0.29, 0.717) is 6.54 Å². The van der Waals surface area contributed by atoms with E-state index in [0.717, 1.165) is 36.8 Å². The molecule has 0 atom stereocenters. The summed E-state index contributed by atoms with van der Waals surface area (Å²) in [5.74, 6) is 2.09. The minimum Gasteiger partial charge on any atom is -0.347 e. The second-order valence-corrected chi connectivity index (χ2v) is 4.19. The standard InChI is InChI=1S/C12H15N5/c13-7-10-1-2-11(15-8-10)17-6-5-16-4-3-14-12(16)9-17/h1-4,8H,5-7,9,13H2. The molecule has 0 aromatic carbocycles. The quantitative estimate of drug-likeness (QED) is 0.825. The van der Waals surface area contributed by atoms with Gasteiger partial charge in [-0.1, -0.05) is 6.07 Å². The Kier molecular flexibility index (Phi) is 2.53. The van der Waals surface area contributed by atoms with E-state index >= 15 is 0 Å². The molecule has 0 fully saturated rings. The topological polar surface area (TPSA) is 60.0 Å². The lowest BCUT2D eigenvalue weighted by Gasteiger charge is -2.28. The molecule has 88 valence electrons. The van der Waals surface area contributed by atoms with Gasteiger partial charge in [0.25, 0.3) is 0 Å². The summed E-state index contributed by atoms with van der Waals surface area (Å²) >= 11 is 0. The van der Waals surface area contributed by atoms with Crippen LogP contribution in [0.4, 0.5) is 5.82 Å². The van der Waals surface area contributed by atoms with Crippen molar-refractivity contribution < 1.29 is 0 Å². The molecular weight excluding hydrogens is 214 g/mol. The number of fused-ring (bicyclic) bond motifs is 1. The van der Waals surface area contributed by atoms with Gasteiger partial charge in [-0.2, -0.15) is 0 Å². The highest BCUT2D eigenvalue weighted by Gasteiger charge is 2.17. The third-order valence-corrected chi connectivity index (χ3v) is 3.11. The summed E-state index contributed by atoms with van der Waals surface area (Å²) in [5, 5.41) is 0. The molecule has 5 heteroatoms. The van der Waals surface area contributed by atoms with Crippen LogP contribution in [0.2, 0.25) is 0 Å². The molecule has 0 radical (unpaired) electrons. The summed E-state index contributed by atoms with van der Waals surface area (Å²) < 4.78 is 2.19. The van der Waals surface area contributed by atoms with E-state index in [4.69, 9.17) is 5.73 Å². The molecule has 0 amide bonds. The second-order valence-electron chi connectivity index (χ2n) is 4.19. The lowest BCUT2D eigenvalue weighted by Crippen LogP contribution is -2.34. The Bertz CT molecular complexity index is 502. The number of imidazole rings is 1. The number of hydrogen-bond acceptors (Lipinski definition) is 4. The maximum absolute atomic E-state index is 5.56. The Hall–Kier alpha value is -1.88. The summed E-state index contributed by atoms with van der Waals surface area (Å²) in [6.07, 6.45) is 5.72. The Morgan fingerprint density at radius 1 is 1.24 bits per heavy atom. The van der Waals surface area contributed by atoms with Crippen molar-refractivity contribution in [2.75, 3.05) is 11.4 Å². The Morgan fingerprint density at radius 3 is 2.94 bits per heavy atom. The lowest BCUT2D eigenvalue weighted by molar-refractivity contribution is 0.556. The third kappa shape index (κ3) is 1.89. The number of hydrogen-bond donors (Lipinski definition) is 1. The minimum absolute atomic E-state index is 0.539. The van der Waals surface area contributed by atoms with Gasteiger partial charge in [-0.15, -0.1) is 0 Å². The normalized spacial score (nSPS) is 14.8. The van der Waals surface area contributed by atoms with Crippen LogP contribution in [0.5, 0.6) is 0 Å². The van der Waals surface area contributed by atoms with Gasteiger partial charge in [-0.25, -0.2) is 9.97 Å². The average Bonchev–Trinajstić information content (AvgIpc) is 2.86. The average molecular weight is 229 g/mol. The Labute approximate surface area is 99.9 Å². The van der Waals surface area contributed by atoms with Crippen LogP contribution in [0.15, 0.2) is 30.7 Å². The van der Waals surface area contributed by atoms with Gasteiger partial charge in [0, 0.05) is 38.2 Å². The van der Waals surface area contributed by atoms with Crippen LogP contribution in [-0.2, 0) is 19.6 Å². The number of aromatic nitrogens is 3. The zero-order valence-electron chi connectivity index (χ0n) is 9.58. The van der Waals surface area contributed by atoms with Gasteiger partial charge in [-0.3, -0.25) is 0 Å². The maximum atomic E-state index is 5.56. The molecule has 17 heavy (non-hydrogen) atoms. The first-order valence-electron chi connectivity index (χ1n) is 5.77. The van der Waals surface area contributed by atoms with Crippen LogP contribution < -0.4 is 10.6 Å². The molecule has 0 unspecified atom stereocenters. The van der Waals surface area contributed by atoms with Crippen molar-refractivity contribution in [2.45, 2.75) is 19.6 Å². The summed E-state index contributed by atoms with van der Waals surface area (Å²) in [4.78, 5) is 11.0. The van der Waals surface area contributed by atoms with Gasteiger partial charge in [0.05, 0.1) is 6.54 Å². The molecule has 0 aliphatic carbocycles. The number of rotatable bonds is 2. The van der Waals surface area contributed by atoms with Crippen molar-refractivity contribution in [3.63, 3.8) is 0 Å². The first-order chi connectivity index (χ1) is 8.36. The van der Waals surface area contributed by atoms with Gasteiger partial charge in [-0.05, 0) is 11.6 Å². The van der Waals surface area contributed by atoms with Gasteiger partial charge >= 0.3 is 0 Å². The highest BCUT2D eigenvalue weighted by Crippen LogP contribution is 2.17. The summed E-state index contributed by atoms with van der Waals surface area (Å²) in [5.41, 5.74) is 6.62. The molecule has 0 spiro atoms. The zero-order chi connectivity index (χ0) is 11.7. The Morgan fingerprint density at radius 2 is 2.18 bits per heavy atom. The highest BCUT2D eigenvalue weighted by molar-refractivity contribution is 5.40. The van der Waals surface area contributed by atoms with Crippen LogP contribution in [0.1, 0.15) is 11.4 Å². The van der Waals surface area contributed by atoms with E-state index in [2.05, 4.69) is 19.4 Å². The zero-order valence-corrected chi connectivity index (χ0v) is 9.58. The summed E-state index contributed by atoms with van der Waals surface area (Å²) in [6, 6.07) is 4.06. The second kappa shape index (κ2) is 4.18. The molecule has 0 saturated carbocycles. The van der Waals surface area contributed by atoms with E-state index in [1.165, 1.54) is 0 Å². The van der Waals surface area contributed by atoms with Gasteiger partial charge in [0.2, 0.25) is 0 Å².